The molecule has 9 heteroatoms. The summed E-state index contributed by atoms with van der Waals surface area (Å²) >= 11 is 0. The third-order valence-corrected chi connectivity index (χ3v) is 6.25. The van der Waals surface area contributed by atoms with Gasteiger partial charge in [0.1, 0.15) is 5.82 Å². The number of sulfonamides is 1. The van der Waals surface area contributed by atoms with Crippen molar-refractivity contribution in [1.82, 2.24) is 14.5 Å². The summed E-state index contributed by atoms with van der Waals surface area (Å²) in [5, 5.41) is 2.84. The fraction of sp³-hybridized carbons (Fsp3) is 0.579. The monoisotopic (exact) mass is 413 g/mol. The van der Waals surface area contributed by atoms with E-state index in [1.165, 1.54) is 34.8 Å². The van der Waals surface area contributed by atoms with Crippen molar-refractivity contribution in [2.45, 2.75) is 26.2 Å². The Morgan fingerprint density at radius 2 is 1.96 bits per heavy atom. The highest BCUT2D eigenvalue weighted by Gasteiger charge is 2.28. The van der Waals surface area contributed by atoms with Crippen molar-refractivity contribution < 1.29 is 22.4 Å². The van der Waals surface area contributed by atoms with E-state index in [-0.39, 0.29) is 17.7 Å². The van der Waals surface area contributed by atoms with Gasteiger partial charge in [-0.1, -0.05) is 6.92 Å². The van der Waals surface area contributed by atoms with Crippen LogP contribution in [0.5, 0.6) is 0 Å². The van der Waals surface area contributed by atoms with Crippen molar-refractivity contribution in [3.63, 3.8) is 0 Å². The van der Waals surface area contributed by atoms with Gasteiger partial charge in [0.05, 0.1) is 12.2 Å². The Labute approximate surface area is 165 Å². The van der Waals surface area contributed by atoms with Gasteiger partial charge in [-0.05, 0) is 43.5 Å². The van der Waals surface area contributed by atoms with E-state index < -0.39 is 15.8 Å². The van der Waals surface area contributed by atoms with E-state index >= 15 is 0 Å². The molecule has 2 rings (SSSR count). The van der Waals surface area contributed by atoms with Gasteiger partial charge in [-0.25, -0.2) is 17.1 Å². The minimum Gasteiger partial charge on any atom is -0.356 e. The van der Waals surface area contributed by atoms with Crippen LogP contribution in [0.1, 0.15) is 36.5 Å². The molecule has 1 saturated heterocycles. The number of likely N-dealkylation sites (tertiary alicyclic amines) is 1. The topological polar surface area (TPSA) is 86.8 Å². The first kappa shape index (κ1) is 22.3. The lowest BCUT2D eigenvalue weighted by molar-refractivity contribution is -0.126. The van der Waals surface area contributed by atoms with Crippen LogP contribution in [0.25, 0.3) is 0 Å². The van der Waals surface area contributed by atoms with Crippen LogP contribution in [0.2, 0.25) is 0 Å². The van der Waals surface area contributed by atoms with Crippen LogP contribution in [0.15, 0.2) is 24.3 Å². The van der Waals surface area contributed by atoms with Crippen LogP contribution in [-0.4, -0.2) is 68.4 Å². The molecule has 1 N–H and O–H groups in total. The number of piperidine rings is 1. The predicted molar refractivity (Wildman–Crippen MR) is 105 cm³/mol. The summed E-state index contributed by atoms with van der Waals surface area (Å²) in [5.74, 6) is -1.02. The average molecular weight is 414 g/mol. The first-order chi connectivity index (χ1) is 13.2. The maximum Gasteiger partial charge on any atom is 0.253 e. The van der Waals surface area contributed by atoms with Crippen molar-refractivity contribution in [1.29, 1.82) is 0 Å². The molecule has 1 aliphatic heterocycles. The molecule has 1 unspecified atom stereocenters. The maximum atomic E-state index is 13.0. The van der Waals surface area contributed by atoms with Gasteiger partial charge in [0.15, 0.2) is 0 Å². The molecule has 7 nitrogen and oxygen atoms in total. The maximum absolute atomic E-state index is 13.0. The van der Waals surface area contributed by atoms with Crippen LogP contribution in [-0.2, 0) is 14.8 Å². The van der Waals surface area contributed by atoms with E-state index in [0.717, 1.165) is 6.42 Å². The summed E-state index contributed by atoms with van der Waals surface area (Å²) in [7, 11) is -3.23. The summed E-state index contributed by atoms with van der Waals surface area (Å²) < 4.78 is 37.5. The number of amides is 2. The third kappa shape index (κ3) is 6.27. The minimum atomic E-state index is -3.23. The highest BCUT2D eigenvalue weighted by atomic mass is 32.2. The number of benzene rings is 1. The molecule has 0 saturated carbocycles. The van der Waals surface area contributed by atoms with Gasteiger partial charge in [-0.3, -0.25) is 9.59 Å². The Balaban J connectivity index is 1.82. The zero-order valence-electron chi connectivity index (χ0n) is 16.4. The molecule has 1 aromatic rings. The molecule has 0 aromatic heterocycles. The lowest BCUT2D eigenvalue weighted by Crippen LogP contribution is -2.45. The van der Waals surface area contributed by atoms with E-state index in [0.29, 0.717) is 51.1 Å². The molecule has 1 aromatic carbocycles. The Kier molecular flexibility index (Phi) is 7.94. The lowest BCUT2D eigenvalue weighted by atomic mass is 9.96. The van der Waals surface area contributed by atoms with Gasteiger partial charge in [-0.15, -0.1) is 0 Å². The smallest absolute Gasteiger partial charge is 0.253 e. The molecular formula is C19H28FN3O4S. The summed E-state index contributed by atoms with van der Waals surface area (Å²) in [6.45, 7) is 3.80. The lowest BCUT2D eigenvalue weighted by Gasteiger charge is -2.32. The first-order valence-electron chi connectivity index (χ1n) is 9.50. The number of hydrogen-bond acceptors (Lipinski definition) is 4. The number of carbonyl (C=O) groups excluding carboxylic acids is 2. The summed E-state index contributed by atoms with van der Waals surface area (Å²) in [5.41, 5.74) is 0.405. The van der Waals surface area contributed by atoms with Gasteiger partial charge in [-0.2, -0.15) is 0 Å². The quantitative estimate of drug-likeness (QED) is 0.654. The SMILES string of the molecule is CCN(CCCNC(=O)C1CCCN(C(=O)c2ccc(F)cc2)C1)S(C)(=O)=O. The van der Waals surface area contributed by atoms with Gasteiger partial charge in [0, 0.05) is 38.3 Å². The Hall–Kier alpha value is -2.00. The van der Waals surface area contributed by atoms with Crippen molar-refractivity contribution in [3.05, 3.63) is 35.6 Å². The predicted octanol–water partition coefficient (Wildman–Crippen LogP) is 1.47. The Morgan fingerprint density at radius 3 is 2.57 bits per heavy atom. The third-order valence-electron chi connectivity index (χ3n) is 4.88. The molecule has 0 radical (unpaired) electrons. The van der Waals surface area contributed by atoms with Crippen LogP contribution >= 0.6 is 0 Å². The molecule has 0 aliphatic carbocycles. The average Bonchev–Trinajstić information content (AvgIpc) is 2.67. The minimum absolute atomic E-state index is 0.126. The molecule has 156 valence electrons. The molecule has 2 amide bonds. The molecular weight excluding hydrogens is 385 g/mol. The van der Waals surface area contributed by atoms with Gasteiger partial charge < -0.3 is 10.2 Å². The first-order valence-corrected chi connectivity index (χ1v) is 11.3. The molecule has 28 heavy (non-hydrogen) atoms. The molecule has 1 fully saturated rings. The van der Waals surface area contributed by atoms with Crippen LogP contribution in [0.4, 0.5) is 4.39 Å². The zero-order chi connectivity index (χ0) is 20.7. The van der Waals surface area contributed by atoms with Crippen molar-refractivity contribution in [2.75, 3.05) is 39.0 Å². The molecule has 0 spiro atoms. The number of carbonyl (C=O) groups is 2. The second kappa shape index (κ2) is 9.97. The highest BCUT2D eigenvalue weighted by molar-refractivity contribution is 7.88. The van der Waals surface area contributed by atoms with Crippen molar-refractivity contribution in [3.8, 4) is 0 Å². The van der Waals surface area contributed by atoms with Gasteiger partial charge >= 0.3 is 0 Å². The second-order valence-corrected chi connectivity index (χ2v) is 8.98. The Bertz CT molecular complexity index is 783. The van der Waals surface area contributed by atoms with E-state index in [1.54, 1.807) is 11.8 Å². The normalized spacial score (nSPS) is 17.6. The number of nitrogens with one attached hydrogen (secondary N) is 1. The highest BCUT2D eigenvalue weighted by Crippen LogP contribution is 2.19. The standard InChI is InChI=1S/C19H28FN3O4S/c1-3-23(28(2,26)27)13-5-11-21-18(24)16-6-4-12-22(14-16)19(25)15-7-9-17(20)10-8-15/h7-10,16H,3-6,11-14H2,1-2H3,(H,21,24). The largest absolute Gasteiger partial charge is 0.356 e. The molecule has 1 atom stereocenters. The van der Waals surface area contributed by atoms with E-state index in [4.69, 9.17) is 0 Å². The fourth-order valence-corrected chi connectivity index (χ4v) is 4.25. The van der Waals surface area contributed by atoms with Crippen LogP contribution in [0, 0.1) is 11.7 Å². The van der Waals surface area contributed by atoms with E-state index in [9.17, 15) is 22.4 Å². The van der Waals surface area contributed by atoms with Crippen LogP contribution < -0.4 is 5.32 Å². The Morgan fingerprint density at radius 1 is 1.29 bits per heavy atom. The fourth-order valence-electron chi connectivity index (χ4n) is 3.32. The van der Waals surface area contributed by atoms with Gasteiger partial charge in [0.25, 0.3) is 5.91 Å². The van der Waals surface area contributed by atoms with Crippen molar-refractivity contribution in [2.24, 2.45) is 5.92 Å². The zero-order valence-corrected chi connectivity index (χ0v) is 17.2. The van der Waals surface area contributed by atoms with E-state index in [1.807, 2.05) is 0 Å². The molecule has 0 bridgehead atoms. The van der Waals surface area contributed by atoms with Crippen molar-refractivity contribution >= 4 is 21.8 Å². The number of nitrogens with zero attached hydrogens (tertiary/aromatic N) is 2. The number of hydrogen-bond donors (Lipinski definition) is 1. The number of rotatable bonds is 8. The summed E-state index contributed by atoms with van der Waals surface area (Å²) in [6.07, 6.45) is 3.12. The van der Waals surface area contributed by atoms with Gasteiger partial charge in [0.2, 0.25) is 15.9 Å². The summed E-state index contributed by atoms with van der Waals surface area (Å²) in [4.78, 5) is 26.6. The van der Waals surface area contributed by atoms with E-state index in [2.05, 4.69) is 5.32 Å². The summed E-state index contributed by atoms with van der Waals surface area (Å²) in [6, 6.07) is 5.39. The number of halogens is 1. The molecule has 1 heterocycles. The second-order valence-electron chi connectivity index (χ2n) is 7.00. The molecule has 1 aliphatic rings. The van der Waals surface area contributed by atoms with Crippen LogP contribution in [0.3, 0.4) is 0 Å².